The molecule has 0 saturated heterocycles. The van der Waals surface area contributed by atoms with Crippen LogP contribution in [0.15, 0.2) is 12.3 Å². The van der Waals surface area contributed by atoms with Gasteiger partial charge in [-0.15, -0.1) is 0 Å². The number of hydrogen-bond donors (Lipinski definition) is 1. The van der Waals surface area contributed by atoms with Crippen molar-refractivity contribution < 1.29 is 9.53 Å². The van der Waals surface area contributed by atoms with Crippen LogP contribution in [0.2, 0.25) is 0 Å². The molecule has 0 unspecified atom stereocenters. The van der Waals surface area contributed by atoms with E-state index in [2.05, 4.69) is 11.9 Å². The molecule has 0 aliphatic heterocycles. The zero-order valence-corrected chi connectivity index (χ0v) is 9.81. The van der Waals surface area contributed by atoms with E-state index in [1.54, 1.807) is 0 Å². The fourth-order valence-corrected chi connectivity index (χ4v) is 0.767. The molecule has 0 spiro atoms. The summed E-state index contributed by atoms with van der Waals surface area (Å²) in [6.45, 7) is 13.6. The van der Waals surface area contributed by atoms with Gasteiger partial charge in [0.25, 0.3) is 0 Å². The first-order valence-electron chi connectivity index (χ1n) is 4.87. The molecule has 0 amide bonds. The molecule has 0 bridgehead atoms. The van der Waals surface area contributed by atoms with E-state index in [1.807, 2.05) is 34.6 Å². The van der Waals surface area contributed by atoms with Gasteiger partial charge in [-0.1, -0.05) is 20.4 Å². The van der Waals surface area contributed by atoms with E-state index in [9.17, 15) is 4.79 Å². The number of carbonyl (C=O) groups excluding carboxylic acids is 1. The van der Waals surface area contributed by atoms with Crippen molar-refractivity contribution in [1.29, 1.82) is 0 Å². The summed E-state index contributed by atoms with van der Waals surface area (Å²) in [5, 5.41) is 2.94. The van der Waals surface area contributed by atoms with E-state index in [-0.39, 0.29) is 12.5 Å². The first kappa shape index (κ1) is 13.0. The van der Waals surface area contributed by atoms with E-state index in [1.165, 1.54) is 0 Å². The van der Waals surface area contributed by atoms with Crippen molar-refractivity contribution in [3.8, 4) is 0 Å². The Hall–Kier alpha value is -0.990. The fraction of sp³-hybridized carbons (Fsp3) is 0.727. The molecule has 3 nitrogen and oxygen atoms in total. The van der Waals surface area contributed by atoms with Crippen molar-refractivity contribution in [2.75, 3.05) is 6.54 Å². The molecule has 0 aliphatic carbocycles. The maximum atomic E-state index is 11.3. The lowest BCUT2D eigenvalue weighted by atomic mass is 10.1. The molecule has 0 atom stereocenters. The number of hydrogen-bond acceptors (Lipinski definition) is 3. The van der Waals surface area contributed by atoms with Crippen molar-refractivity contribution in [3.63, 3.8) is 0 Å². The van der Waals surface area contributed by atoms with Gasteiger partial charge in [0.05, 0.1) is 0 Å². The minimum absolute atomic E-state index is 0.189. The minimum Gasteiger partial charge on any atom is -0.459 e. The number of carbonyl (C=O) groups is 1. The Balaban J connectivity index is 3.81. The lowest BCUT2D eigenvalue weighted by Gasteiger charge is -2.20. The molecular formula is C11H21NO2. The van der Waals surface area contributed by atoms with Crippen LogP contribution in [0.3, 0.4) is 0 Å². The van der Waals surface area contributed by atoms with Gasteiger partial charge in [-0.3, -0.25) is 4.79 Å². The zero-order valence-electron chi connectivity index (χ0n) is 9.81. The second-order valence-corrected chi connectivity index (χ2v) is 4.62. The summed E-state index contributed by atoms with van der Waals surface area (Å²) in [6.07, 6.45) is 0. The van der Waals surface area contributed by atoms with Gasteiger partial charge in [0.1, 0.15) is 12.1 Å². The molecule has 0 radical (unpaired) electrons. The fourth-order valence-electron chi connectivity index (χ4n) is 0.767. The van der Waals surface area contributed by atoms with Crippen molar-refractivity contribution in [2.45, 2.75) is 40.2 Å². The van der Waals surface area contributed by atoms with Crippen LogP contribution in [0, 0.1) is 5.92 Å². The van der Waals surface area contributed by atoms with Crippen molar-refractivity contribution in [2.24, 2.45) is 5.92 Å². The smallest absolute Gasteiger partial charge is 0.325 e. The lowest BCUT2D eigenvalue weighted by Crippen LogP contribution is -2.31. The minimum atomic E-state index is -0.419. The Morgan fingerprint density at radius 3 is 2.29 bits per heavy atom. The molecule has 0 aromatic rings. The molecule has 0 saturated carbocycles. The van der Waals surface area contributed by atoms with E-state index in [0.29, 0.717) is 5.92 Å². The van der Waals surface area contributed by atoms with E-state index >= 15 is 0 Å². The van der Waals surface area contributed by atoms with Crippen LogP contribution in [0.4, 0.5) is 0 Å². The molecule has 14 heavy (non-hydrogen) atoms. The Morgan fingerprint density at radius 1 is 1.43 bits per heavy atom. The Kier molecular flexibility index (Phi) is 4.68. The number of esters is 1. The SMILES string of the molecule is C=C(NCC(=O)OC(C)(C)C)C(C)C. The van der Waals surface area contributed by atoms with Gasteiger partial charge < -0.3 is 10.1 Å². The highest BCUT2D eigenvalue weighted by atomic mass is 16.6. The van der Waals surface area contributed by atoms with Crippen molar-refractivity contribution in [1.82, 2.24) is 5.32 Å². The normalized spacial score (nSPS) is 11.3. The van der Waals surface area contributed by atoms with Crippen LogP contribution < -0.4 is 5.32 Å². The third kappa shape index (κ3) is 6.52. The average Bonchev–Trinajstić information content (AvgIpc) is 1.96. The number of rotatable bonds is 4. The highest BCUT2D eigenvalue weighted by Crippen LogP contribution is 2.07. The summed E-state index contributed by atoms with van der Waals surface area (Å²) in [7, 11) is 0. The van der Waals surface area contributed by atoms with E-state index < -0.39 is 5.60 Å². The highest BCUT2D eigenvalue weighted by molar-refractivity contribution is 5.72. The molecule has 3 heteroatoms. The van der Waals surface area contributed by atoms with Crippen LogP contribution in [0.25, 0.3) is 0 Å². The monoisotopic (exact) mass is 199 g/mol. The molecule has 0 heterocycles. The largest absolute Gasteiger partial charge is 0.459 e. The Bertz CT molecular complexity index is 214. The lowest BCUT2D eigenvalue weighted by molar-refractivity contribution is -0.153. The molecular weight excluding hydrogens is 178 g/mol. The van der Waals surface area contributed by atoms with Gasteiger partial charge >= 0.3 is 5.97 Å². The van der Waals surface area contributed by atoms with Gasteiger partial charge in [0, 0.05) is 5.70 Å². The molecule has 0 aromatic heterocycles. The number of ether oxygens (including phenoxy) is 1. The van der Waals surface area contributed by atoms with Crippen LogP contribution in [0.1, 0.15) is 34.6 Å². The summed E-state index contributed by atoms with van der Waals surface area (Å²) >= 11 is 0. The maximum absolute atomic E-state index is 11.3. The van der Waals surface area contributed by atoms with Crippen LogP contribution in [-0.4, -0.2) is 18.1 Å². The van der Waals surface area contributed by atoms with Crippen molar-refractivity contribution in [3.05, 3.63) is 12.3 Å². The summed E-state index contributed by atoms with van der Waals surface area (Å²) in [6, 6.07) is 0. The first-order chi connectivity index (χ1) is 6.22. The van der Waals surface area contributed by atoms with Crippen LogP contribution in [-0.2, 0) is 9.53 Å². The summed E-state index contributed by atoms with van der Waals surface area (Å²) in [4.78, 5) is 11.3. The molecule has 0 rings (SSSR count). The first-order valence-corrected chi connectivity index (χ1v) is 4.87. The molecule has 0 fully saturated rings. The van der Waals surface area contributed by atoms with Crippen molar-refractivity contribution >= 4 is 5.97 Å². The van der Waals surface area contributed by atoms with Gasteiger partial charge in [0.15, 0.2) is 0 Å². The third-order valence-electron chi connectivity index (χ3n) is 1.58. The van der Waals surface area contributed by atoms with Gasteiger partial charge in [-0.2, -0.15) is 0 Å². The number of allylic oxidation sites excluding steroid dienone is 1. The Morgan fingerprint density at radius 2 is 1.93 bits per heavy atom. The van der Waals surface area contributed by atoms with E-state index in [4.69, 9.17) is 4.74 Å². The van der Waals surface area contributed by atoms with Gasteiger partial charge in [-0.05, 0) is 26.7 Å². The van der Waals surface area contributed by atoms with Gasteiger partial charge in [0.2, 0.25) is 0 Å². The second-order valence-electron chi connectivity index (χ2n) is 4.62. The predicted octanol–water partition coefficient (Wildman–Crippen LogP) is 2.09. The standard InChI is InChI=1S/C11H21NO2/c1-8(2)9(3)12-7-10(13)14-11(4,5)6/h8,12H,3,7H2,1-2,4-6H3. The maximum Gasteiger partial charge on any atom is 0.325 e. The Labute approximate surface area is 86.5 Å². The number of nitrogens with one attached hydrogen (secondary N) is 1. The quantitative estimate of drug-likeness (QED) is 0.704. The summed E-state index contributed by atoms with van der Waals surface area (Å²) in [5.74, 6) is 0.0803. The summed E-state index contributed by atoms with van der Waals surface area (Å²) in [5.41, 5.74) is 0.439. The van der Waals surface area contributed by atoms with E-state index in [0.717, 1.165) is 5.70 Å². The second kappa shape index (κ2) is 5.03. The van der Waals surface area contributed by atoms with Crippen LogP contribution >= 0.6 is 0 Å². The molecule has 82 valence electrons. The average molecular weight is 199 g/mol. The predicted molar refractivity (Wildman–Crippen MR) is 57.8 cm³/mol. The summed E-state index contributed by atoms with van der Waals surface area (Å²) < 4.78 is 5.13. The topological polar surface area (TPSA) is 38.3 Å². The molecule has 0 aromatic carbocycles. The molecule has 1 N–H and O–H groups in total. The highest BCUT2D eigenvalue weighted by Gasteiger charge is 2.15. The van der Waals surface area contributed by atoms with Crippen LogP contribution in [0.5, 0.6) is 0 Å². The third-order valence-corrected chi connectivity index (χ3v) is 1.58. The van der Waals surface area contributed by atoms with Gasteiger partial charge in [-0.25, -0.2) is 0 Å². The zero-order chi connectivity index (χ0) is 11.4. The molecule has 0 aliphatic rings.